The molecule has 22 heavy (non-hydrogen) atoms. The number of nitrogens with two attached hydrogens (primary N) is 1. The first-order valence-corrected chi connectivity index (χ1v) is 6.87. The minimum atomic E-state index is 0.329. The third-order valence-electron chi connectivity index (χ3n) is 3.54. The average molecular weight is 292 g/mol. The number of nitroso groups, excluding NO2 is 1. The predicted molar refractivity (Wildman–Crippen MR) is 84.5 cm³/mol. The van der Waals surface area contributed by atoms with Gasteiger partial charge in [-0.3, -0.25) is 0 Å². The smallest absolute Gasteiger partial charge is 0.233 e. The molecule has 0 aliphatic carbocycles. The highest BCUT2D eigenvalue weighted by Gasteiger charge is 2.12. The first kappa shape index (κ1) is 13.9. The van der Waals surface area contributed by atoms with Gasteiger partial charge in [-0.05, 0) is 28.4 Å². The first-order valence-electron chi connectivity index (χ1n) is 6.87. The lowest BCUT2D eigenvalue weighted by Crippen LogP contribution is -2.30. The number of aryl methyl sites for hydroxylation is 1. The average Bonchev–Trinajstić information content (AvgIpc) is 2.56. The van der Waals surface area contributed by atoms with E-state index >= 15 is 0 Å². The maximum absolute atomic E-state index is 10.5. The summed E-state index contributed by atoms with van der Waals surface area (Å²) in [5.41, 5.74) is 9.91. The lowest BCUT2D eigenvalue weighted by atomic mass is 10.1. The van der Waals surface area contributed by atoms with E-state index in [0.29, 0.717) is 11.4 Å². The van der Waals surface area contributed by atoms with Crippen LogP contribution in [0.4, 0.5) is 11.4 Å². The Labute approximate surface area is 128 Å². The van der Waals surface area contributed by atoms with Crippen LogP contribution in [0.1, 0.15) is 0 Å². The molecule has 2 heterocycles. The zero-order valence-corrected chi connectivity index (χ0v) is 12.2. The van der Waals surface area contributed by atoms with Gasteiger partial charge in [-0.25, -0.2) is 4.57 Å². The molecule has 2 aromatic heterocycles. The van der Waals surface area contributed by atoms with Crippen molar-refractivity contribution in [1.82, 2.24) is 0 Å². The molecule has 0 amide bonds. The Morgan fingerprint density at radius 2 is 1.50 bits per heavy atom. The zero-order valence-electron chi connectivity index (χ0n) is 12.2. The summed E-state index contributed by atoms with van der Waals surface area (Å²) in [4.78, 5) is 10.5. The van der Waals surface area contributed by atoms with E-state index in [1.165, 1.54) is 0 Å². The minimum absolute atomic E-state index is 0.329. The Morgan fingerprint density at radius 3 is 2.05 bits per heavy atom. The molecule has 2 N–H and O–H groups in total. The van der Waals surface area contributed by atoms with Gasteiger partial charge in [0.25, 0.3) is 0 Å². The Balaban J connectivity index is 1.94. The molecule has 0 saturated carbocycles. The van der Waals surface area contributed by atoms with E-state index in [2.05, 4.69) is 17.3 Å². The van der Waals surface area contributed by atoms with E-state index in [-0.39, 0.29) is 0 Å². The van der Waals surface area contributed by atoms with Crippen LogP contribution in [-0.4, -0.2) is 0 Å². The van der Waals surface area contributed by atoms with Crippen LogP contribution in [0.2, 0.25) is 0 Å². The number of pyridine rings is 2. The highest BCUT2D eigenvalue weighted by atomic mass is 16.3. The summed E-state index contributed by atoms with van der Waals surface area (Å²) in [6.45, 7) is 0. The quantitative estimate of drug-likeness (QED) is 0.458. The number of nitrogens with zero attached hydrogens (tertiary/aromatic N) is 3. The zero-order chi connectivity index (χ0) is 15.5. The number of rotatable bonds is 3. The van der Waals surface area contributed by atoms with Crippen LogP contribution in [0, 0.1) is 4.91 Å². The molecule has 0 aliphatic heterocycles. The van der Waals surface area contributed by atoms with Gasteiger partial charge in [0, 0.05) is 30.3 Å². The van der Waals surface area contributed by atoms with E-state index in [1.807, 2.05) is 53.1 Å². The molecular formula is C17H16N4O+2. The van der Waals surface area contributed by atoms with Crippen molar-refractivity contribution in [3.63, 3.8) is 0 Å². The number of hydrogen-bond acceptors (Lipinski definition) is 3. The van der Waals surface area contributed by atoms with Crippen LogP contribution >= 0.6 is 0 Å². The molecule has 0 bridgehead atoms. The number of aromatic nitrogens is 2. The molecule has 5 heteroatoms. The van der Waals surface area contributed by atoms with Gasteiger partial charge in [-0.1, -0.05) is 0 Å². The SMILES string of the molecule is C[n+]1ccc(-c2cc[n+](-c3ccc(N=O)cc3N)cc2)cc1. The molecule has 0 saturated heterocycles. The summed E-state index contributed by atoms with van der Waals surface area (Å²) >= 11 is 0. The lowest BCUT2D eigenvalue weighted by Gasteiger charge is -2.02. The van der Waals surface area contributed by atoms with Crippen LogP contribution < -0.4 is 14.9 Å². The van der Waals surface area contributed by atoms with Gasteiger partial charge >= 0.3 is 0 Å². The topological polar surface area (TPSA) is 63.2 Å². The van der Waals surface area contributed by atoms with Crippen molar-refractivity contribution < 1.29 is 9.13 Å². The molecule has 1 aromatic carbocycles. The number of nitrogen functional groups attached to an aromatic ring is 1. The van der Waals surface area contributed by atoms with Crippen molar-refractivity contribution in [2.75, 3.05) is 5.73 Å². The van der Waals surface area contributed by atoms with Crippen molar-refractivity contribution in [2.45, 2.75) is 0 Å². The number of benzene rings is 1. The van der Waals surface area contributed by atoms with Gasteiger partial charge in [0.05, 0.1) is 0 Å². The molecule has 0 aliphatic rings. The van der Waals surface area contributed by atoms with E-state index in [4.69, 9.17) is 5.73 Å². The van der Waals surface area contributed by atoms with Crippen molar-refractivity contribution in [1.29, 1.82) is 0 Å². The molecule has 0 unspecified atom stereocenters. The van der Waals surface area contributed by atoms with Gasteiger partial charge in [0.2, 0.25) is 5.69 Å². The Hall–Kier alpha value is -3.08. The third-order valence-corrected chi connectivity index (χ3v) is 3.54. The Bertz CT molecular complexity index is 811. The first-order chi connectivity index (χ1) is 10.7. The number of anilines is 1. The van der Waals surface area contributed by atoms with Gasteiger partial charge in [-0.2, -0.15) is 4.57 Å². The summed E-state index contributed by atoms with van der Waals surface area (Å²) < 4.78 is 3.91. The van der Waals surface area contributed by atoms with Crippen molar-refractivity contribution in [3.8, 4) is 16.8 Å². The fraction of sp³-hybridized carbons (Fsp3) is 0.0588. The maximum atomic E-state index is 10.5. The largest absolute Gasteiger partial charge is 0.393 e. The van der Waals surface area contributed by atoms with Gasteiger partial charge in [-0.15, -0.1) is 4.91 Å². The maximum Gasteiger partial charge on any atom is 0.233 e. The monoisotopic (exact) mass is 292 g/mol. The van der Waals surface area contributed by atoms with Crippen LogP contribution in [0.5, 0.6) is 0 Å². The molecule has 0 spiro atoms. The van der Waals surface area contributed by atoms with Crippen LogP contribution in [0.3, 0.4) is 0 Å². The molecule has 5 nitrogen and oxygen atoms in total. The Kier molecular flexibility index (Phi) is 3.62. The lowest BCUT2D eigenvalue weighted by molar-refractivity contribution is -0.671. The van der Waals surface area contributed by atoms with Crippen molar-refractivity contribution in [2.24, 2.45) is 12.2 Å². The summed E-state index contributed by atoms with van der Waals surface area (Å²) in [6.07, 6.45) is 7.92. The summed E-state index contributed by atoms with van der Waals surface area (Å²) in [5, 5.41) is 2.89. The molecular weight excluding hydrogens is 276 g/mol. The van der Waals surface area contributed by atoms with E-state index < -0.39 is 0 Å². The highest BCUT2D eigenvalue weighted by molar-refractivity contribution is 5.62. The Morgan fingerprint density at radius 1 is 0.909 bits per heavy atom. The van der Waals surface area contributed by atoms with Crippen molar-refractivity contribution >= 4 is 11.4 Å². The molecule has 3 aromatic rings. The second-order valence-electron chi connectivity index (χ2n) is 5.08. The standard InChI is InChI=1S/C17H15N4O/c1-20-8-4-13(5-9-20)14-6-10-21(11-7-14)17-3-2-15(19-22)12-16(17)18/h2-12,18H,1H3/q+1/p+1. The summed E-state index contributed by atoms with van der Waals surface area (Å²) in [7, 11) is 1.99. The van der Waals surface area contributed by atoms with Crippen LogP contribution in [0.25, 0.3) is 16.8 Å². The normalized spacial score (nSPS) is 10.4. The highest BCUT2D eigenvalue weighted by Crippen LogP contribution is 2.21. The molecule has 0 atom stereocenters. The minimum Gasteiger partial charge on any atom is -0.393 e. The van der Waals surface area contributed by atoms with Crippen LogP contribution in [0.15, 0.2) is 72.4 Å². The van der Waals surface area contributed by atoms with E-state index in [0.717, 1.165) is 16.8 Å². The number of hydrogen-bond donors (Lipinski definition) is 1. The summed E-state index contributed by atoms with van der Waals surface area (Å²) in [5.74, 6) is 0. The molecule has 0 radical (unpaired) electrons. The molecule has 108 valence electrons. The fourth-order valence-corrected chi connectivity index (χ4v) is 2.31. The van der Waals surface area contributed by atoms with E-state index in [1.54, 1.807) is 18.2 Å². The summed E-state index contributed by atoms with van der Waals surface area (Å²) in [6, 6.07) is 13.2. The molecule has 3 rings (SSSR count). The predicted octanol–water partition coefficient (Wildman–Crippen LogP) is 2.43. The fourth-order valence-electron chi connectivity index (χ4n) is 2.31. The second-order valence-corrected chi connectivity index (χ2v) is 5.08. The third kappa shape index (κ3) is 2.69. The second kappa shape index (κ2) is 5.73. The van der Waals surface area contributed by atoms with Gasteiger partial charge in [0.15, 0.2) is 24.8 Å². The van der Waals surface area contributed by atoms with E-state index in [9.17, 15) is 4.91 Å². The van der Waals surface area contributed by atoms with Gasteiger partial charge in [0.1, 0.15) is 18.4 Å². The van der Waals surface area contributed by atoms with Gasteiger partial charge < -0.3 is 5.73 Å². The van der Waals surface area contributed by atoms with Crippen molar-refractivity contribution in [3.05, 3.63) is 72.2 Å². The molecule has 0 fully saturated rings. The van der Waals surface area contributed by atoms with Crippen LogP contribution in [-0.2, 0) is 7.05 Å².